The van der Waals surface area contributed by atoms with Gasteiger partial charge in [0, 0.05) is 10.9 Å². The summed E-state index contributed by atoms with van der Waals surface area (Å²) in [5.41, 5.74) is 3.17. The highest BCUT2D eigenvalue weighted by Crippen LogP contribution is 2.39. The molecular formula is C26H42N5O2S+. The number of amidine groups is 1. The number of likely N-dealkylation sites (N-methyl/N-ethyl adjacent to an activating group) is 1. The van der Waals surface area contributed by atoms with Crippen LogP contribution in [0.3, 0.4) is 0 Å². The number of fused-ring (bicyclic) bond motifs is 2. The second-order valence-corrected chi connectivity index (χ2v) is 9.85. The average Bonchev–Trinajstić information content (AvgIpc) is 3.12. The van der Waals surface area contributed by atoms with Crippen molar-refractivity contribution < 1.29 is 14.0 Å². The number of ether oxygens (including phenoxy) is 1. The van der Waals surface area contributed by atoms with Gasteiger partial charge in [-0.1, -0.05) is 39.8 Å². The minimum absolute atomic E-state index is 0.0765. The molecule has 2 N–H and O–H groups in total. The van der Waals surface area contributed by atoms with E-state index in [0.29, 0.717) is 11.2 Å². The minimum atomic E-state index is -0.346. The van der Waals surface area contributed by atoms with Crippen LogP contribution >= 0.6 is 11.3 Å². The zero-order valence-corrected chi connectivity index (χ0v) is 22.9. The lowest BCUT2D eigenvalue weighted by molar-refractivity contribution is -0.928. The number of nitrogens with zero attached hydrogens (tertiary/aromatic N) is 3. The summed E-state index contributed by atoms with van der Waals surface area (Å²) in [5.74, 6) is 1.02. The number of piperazine rings is 1. The van der Waals surface area contributed by atoms with E-state index in [1.54, 1.807) is 11.3 Å². The Kier molecular flexibility index (Phi) is 10.4. The molecule has 1 amide bonds. The van der Waals surface area contributed by atoms with E-state index in [-0.39, 0.29) is 12.1 Å². The van der Waals surface area contributed by atoms with Gasteiger partial charge in [0.05, 0.1) is 50.2 Å². The van der Waals surface area contributed by atoms with Gasteiger partial charge in [0.2, 0.25) is 6.73 Å². The first-order chi connectivity index (χ1) is 16.3. The summed E-state index contributed by atoms with van der Waals surface area (Å²) in [6, 6.07) is 10.5. The van der Waals surface area contributed by atoms with E-state index in [1.807, 2.05) is 53.7 Å². The molecule has 0 atom stereocenters. The number of hydrogen-bond donors (Lipinski definition) is 2. The summed E-state index contributed by atoms with van der Waals surface area (Å²) in [6.07, 6.45) is -0.346. The van der Waals surface area contributed by atoms with Crippen molar-refractivity contribution in [1.82, 2.24) is 10.2 Å². The van der Waals surface area contributed by atoms with Gasteiger partial charge < -0.3 is 20.3 Å². The van der Waals surface area contributed by atoms with Gasteiger partial charge in [-0.05, 0) is 39.0 Å². The molecule has 3 heterocycles. The Bertz CT molecular complexity index is 962. The first-order valence-corrected chi connectivity index (χ1v) is 13.2. The number of hydrogen-bond acceptors (Lipinski definition) is 6. The summed E-state index contributed by atoms with van der Waals surface area (Å²) in [5, 5.41) is 7.50. The number of para-hydroxylation sites is 2. The van der Waals surface area contributed by atoms with Crippen LogP contribution in [0.1, 0.15) is 52.0 Å². The molecule has 1 aromatic heterocycles. The average molecular weight is 489 g/mol. The van der Waals surface area contributed by atoms with Gasteiger partial charge in [0.15, 0.2) is 0 Å². The number of alkyl carbamates (subject to hydrolysis) is 1. The first-order valence-electron chi connectivity index (χ1n) is 12.4. The smallest absolute Gasteiger partial charge is 0.399 e. The maximum atomic E-state index is 11.9. The third-order valence-electron chi connectivity index (χ3n) is 5.51. The predicted molar refractivity (Wildman–Crippen MR) is 145 cm³/mol. The lowest BCUT2D eigenvalue weighted by Gasteiger charge is -2.42. The monoisotopic (exact) mass is 488 g/mol. The quantitative estimate of drug-likeness (QED) is 0.513. The van der Waals surface area contributed by atoms with Gasteiger partial charge in [0.25, 0.3) is 0 Å². The number of aliphatic imine (C=N–C) groups is 1. The molecule has 2 aliphatic rings. The van der Waals surface area contributed by atoms with Crippen molar-refractivity contribution in [3.05, 3.63) is 40.8 Å². The maximum absolute atomic E-state index is 11.9. The van der Waals surface area contributed by atoms with Crippen LogP contribution in [0.5, 0.6) is 0 Å². The van der Waals surface area contributed by atoms with E-state index in [0.717, 1.165) is 54.0 Å². The molecular weight excluding hydrogens is 446 g/mol. The second-order valence-electron chi connectivity index (χ2n) is 8.59. The van der Waals surface area contributed by atoms with Gasteiger partial charge in [-0.25, -0.2) is 9.79 Å². The van der Waals surface area contributed by atoms with Crippen molar-refractivity contribution in [3.8, 4) is 0 Å². The lowest BCUT2D eigenvalue weighted by atomic mass is 10.2. The Morgan fingerprint density at radius 1 is 1.21 bits per heavy atom. The van der Waals surface area contributed by atoms with Crippen molar-refractivity contribution >= 4 is 39.6 Å². The molecule has 2 aliphatic heterocycles. The van der Waals surface area contributed by atoms with Gasteiger partial charge in [-0.2, -0.15) is 0 Å². The highest BCUT2D eigenvalue weighted by atomic mass is 32.1. The topological polar surface area (TPSA) is 66.0 Å². The fourth-order valence-corrected chi connectivity index (χ4v) is 4.69. The van der Waals surface area contributed by atoms with Gasteiger partial charge in [0.1, 0.15) is 10.8 Å². The summed E-state index contributed by atoms with van der Waals surface area (Å²) in [6.45, 7) is 17.9. The summed E-state index contributed by atoms with van der Waals surface area (Å²) in [4.78, 5) is 20.6. The van der Waals surface area contributed by atoms with Gasteiger partial charge in [-0.3, -0.25) is 4.48 Å². The van der Waals surface area contributed by atoms with Gasteiger partial charge >= 0.3 is 6.09 Å². The Balaban J connectivity index is 0.000000970. The van der Waals surface area contributed by atoms with Crippen LogP contribution in [0.2, 0.25) is 0 Å². The number of carbonyl (C=O) groups is 1. The lowest BCUT2D eigenvalue weighted by Crippen LogP contribution is -2.59. The maximum Gasteiger partial charge on any atom is 0.411 e. The number of quaternary nitrogens is 1. The van der Waals surface area contributed by atoms with Crippen molar-refractivity contribution in [3.63, 3.8) is 0 Å². The number of anilines is 2. The van der Waals surface area contributed by atoms with E-state index < -0.39 is 0 Å². The van der Waals surface area contributed by atoms with Crippen LogP contribution in [-0.2, 0) is 4.74 Å². The van der Waals surface area contributed by atoms with Gasteiger partial charge in [-0.15, -0.1) is 11.3 Å². The standard InChI is InChI=1S/C22H29N5O2S.2C2H6/c1-15(2)23-22(28)29-14-27(4)11-9-26(10-12-27)20-17-13-16(3)30-21(17)25-19-8-6-5-7-18(19)24-20;2*1-2/h5-8,13,15H,9-12,14H2,1-4H3,(H-,23,24,25,28);2*1-2H3/p+1. The predicted octanol–water partition coefficient (Wildman–Crippen LogP) is 6.10. The number of rotatable bonds is 3. The summed E-state index contributed by atoms with van der Waals surface area (Å²) in [7, 11) is 2.14. The van der Waals surface area contributed by atoms with Crippen LogP contribution in [0.15, 0.2) is 35.3 Å². The molecule has 0 spiro atoms. The summed E-state index contributed by atoms with van der Waals surface area (Å²) < 4.78 is 6.18. The minimum Gasteiger partial charge on any atom is -0.399 e. The number of aryl methyl sites for hydroxylation is 1. The van der Waals surface area contributed by atoms with Crippen molar-refractivity contribution in [1.29, 1.82) is 0 Å². The van der Waals surface area contributed by atoms with E-state index in [1.165, 1.54) is 4.88 Å². The molecule has 188 valence electrons. The van der Waals surface area contributed by atoms with E-state index in [9.17, 15) is 4.79 Å². The summed E-state index contributed by atoms with van der Waals surface area (Å²) >= 11 is 1.76. The first kappa shape index (κ1) is 27.7. The zero-order valence-electron chi connectivity index (χ0n) is 22.1. The van der Waals surface area contributed by atoms with Crippen molar-refractivity contribution in [2.24, 2.45) is 4.99 Å². The van der Waals surface area contributed by atoms with Crippen molar-refractivity contribution in [2.75, 3.05) is 45.3 Å². The molecule has 7 nitrogen and oxygen atoms in total. The number of benzene rings is 1. The molecule has 1 saturated heterocycles. The van der Waals surface area contributed by atoms with Crippen LogP contribution in [-0.4, -0.2) is 67.3 Å². The van der Waals surface area contributed by atoms with Crippen LogP contribution in [0, 0.1) is 6.92 Å². The molecule has 4 rings (SSSR count). The van der Waals surface area contributed by atoms with E-state index in [2.05, 4.69) is 47.7 Å². The van der Waals surface area contributed by atoms with Crippen LogP contribution < -0.4 is 10.6 Å². The Morgan fingerprint density at radius 3 is 2.50 bits per heavy atom. The normalized spacial score (nSPS) is 15.7. The number of amides is 1. The fourth-order valence-electron chi connectivity index (χ4n) is 3.77. The molecule has 0 aliphatic carbocycles. The third-order valence-corrected chi connectivity index (χ3v) is 6.47. The molecule has 34 heavy (non-hydrogen) atoms. The highest BCUT2D eigenvalue weighted by molar-refractivity contribution is 7.16. The fraction of sp³-hybridized carbons (Fsp3) is 0.538. The van der Waals surface area contributed by atoms with E-state index >= 15 is 0 Å². The number of thiophene rings is 1. The zero-order chi connectivity index (χ0) is 25.3. The second kappa shape index (κ2) is 12.8. The molecule has 0 bridgehead atoms. The molecule has 8 heteroatoms. The van der Waals surface area contributed by atoms with Crippen LogP contribution in [0.4, 0.5) is 21.2 Å². The molecule has 0 unspecified atom stereocenters. The highest BCUT2D eigenvalue weighted by Gasteiger charge is 2.33. The Morgan fingerprint density at radius 2 is 1.85 bits per heavy atom. The molecule has 1 aromatic carbocycles. The SMILES string of the molecule is CC.CC.Cc1cc2c(s1)Nc1ccccc1N=C2N1CC[N+](C)(COC(=O)NC(C)C)CC1. The van der Waals surface area contributed by atoms with Crippen LogP contribution in [0.25, 0.3) is 0 Å². The molecule has 0 saturated carbocycles. The third kappa shape index (κ3) is 6.96. The Hall–Kier alpha value is -2.58. The number of carbonyl (C=O) groups excluding carboxylic acids is 1. The Labute approximate surface area is 209 Å². The molecule has 0 radical (unpaired) electrons. The number of nitrogens with one attached hydrogen (secondary N) is 2. The van der Waals surface area contributed by atoms with E-state index in [4.69, 9.17) is 9.73 Å². The largest absolute Gasteiger partial charge is 0.411 e. The molecule has 1 fully saturated rings. The molecule has 2 aromatic rings. The van der Waals surface area contributed by atoms with Crippen molar-refractivity contribution in [2.45, 2.75) is 54.5 Å².